The molecule has 27 heavy (non-hydrogen) atoms. The van der Waals surface area contributed by atoms with Crippen molar-refractivity contribution in [2.75, 3.05) is 5.43 Å². The fourth-order valence-electron chi connectivity index (χ4n) is 2.58. The van der Waals surface area contributed by atoms with E-state index in [-0.39, 0.29) is 11.3 Å². The van der Waals surface area contributed by atoms with Gasteiger partial charge in [0.15, 0.2) is 11.5 Å². The summed E-state index contributed by atoms with van der Waals surface area (Å²) < 4.78 is 1.67. The number of halogens is 1. The lowest BCUT2D eigenvalue weighted by Gasteiger charge is -2.10. The van der Waals surface area contributed by atoms with E-state index in [0.29, 0.717) is 21.9 Å². The molecule has 2 aromatic carbocycles. The number of para-hydroxylation sites is 1. The summed E-state index contributed by atoms with van der Waals surface area (Å²) in [5, 5.41) is 15.1. The molecule has 3 N–H and O–H groups in total. The number of hydrazine groups is 1. The zero-order chi connectivity index (χ0) is 18.8. The number of carbonyl (C=O) groups excluding carboxylic acids is 1. The molecule has 4 rings (SSSR count). The van der Waals surface area contributed by atoms with Gasteiger partial charge in [0.05, 0.1) is 22.8 Å². The Morgan fingerprint density at radius 2 is 1.93 bits per heavy atom. The Morgan fingerprint density at radius 3 is 2.74 bits per heavy atom. The minimum atomic E-state index is -0.558. The molecule has 0 aliphatic heterocycles. The van der Waals surface area contributed by atoms with Crippen molar-refractivity contribution in [2.24, 2.45) is 0 Å². The van der Waals surface area contributed by atoms with Crippen LogP contribution in [0.1, 0.15) is 10.4 Å². The molecule has 0 radical (unpaired) electrons. The second-order valence-corrected chi connectivity index (χ2v) is 6.03. The molecule has 0 saturated heterocycles. The van der Waals surface area contributed by atoms with Crippen molar-refractivity contribution in [3.8, 4) is 11.4 Å². The van der Waals surface area contributed by atoms with E-state index >= 15 is 0 Å². The molecule has 0 atom stereocenters. The average molecular weight is 381 g/mol. The summed E-state index contributed by atoms with van der Waals surface area (Å²) in [4.78, 5) is 20.7. The van der Waals surface area contributed by atoms with Gasteiger partial charge < -0.3 is 5.11 Å². The fraction of sp³-hybridized carbons (Fsp3) is 0. The van der Waals surface area contributed by atoms with Gasteiger partial charge in [0, 0.05) is 5.02 Å². The first kappa shape index (κ1) is 16.8. The molecule has 8 nitrogen and oxygen atoms in total. The maximum absolute atomic E-state index is 12.3. The highest BCUT2D eigenvalue weighted by atomic mass is 35.5. The molecule has 134 valence electrons. The molecular weight excluding hydrogens is 368 g/mol. The third-order valence-corrected chi connectivity index (χ3v) is 4.10. The van der Waals surface area contributed by atoms with Gasteiger partial charge in [-0.3, -0.25) is 15.6 Å². The van der Waals surface area contributed by atoms with Crippen molar-refractivity contribution in [2.45, 2.75) is 0 Å². The first-order valence-electron chi connectivity index (χ1n) is 7.92. The topological polar surface area (TPSA) is 105 Å². The second kappa shape index (κ2) is 6.93. The number of rotatable bonds is 4. The van der Waals surface area contributed by atoms with Crippen molar-refractivity contribution in [1.82, 2.24) is 25.2 Å². The molecule has 2 aromatic heterocycles. The summed E-state index contributed by atoms with van der Waals surface area (Å²) in [5.74, 6) is -0.363. The van der Waals surface area contributed by atoms with Crippen LogP contribution in [-0.2, 0) is 0 Å². The SMILES string of the molecule is O=C(NNc1ncnc2c1cnn2-c1ccccc1)c1cc(Cl)ccc1O. The number of aromatic nitrogens is 4. The molecule has 0 aliphatic carbocycles. The van der Waals surface area contributed by atoms with Crippen LogP contribution in [0, 0.1) is 0 Å². The van der Waals surface area contributed by atoms with Crippen molar-refractivity contribution in [3.63, 3.8) is 0 Å². The van der Waals surface area contributed by atoms with Gasteiger partial charge >= 0.3 is 0 Å². The van der Waals surface area contributed by atoms with E-state index in [2.05, 4.69) is 25.9 Å². The van der Waals surface area contributed by atoms with Gasteiger partial charge in [-0.2, -0.15) is 5.10 Å². The molecule has 0 fully saturated rings. The number of phenols is 1. The summed E-state index contributed by atoms with van der Waals surface area (Å²) in [6, 6.07) is 13.8. The summed E-state index contributed by atoms with van der Waals surface area (Å²) in [6.07, 6.45) is 2.97. The first-order valence-corrected chi connectivity index (χ1v) is 8.30. The van der Waals surface area contributed by atoms with E-state index < -0.39 is 5.91 Å². The number of aromatic hydroxyl groups is 1. The molecule has 2 heterocycles. The lowest BCUT2D eigenvalue weighted by atomic mass is 10.2. The normalized spacial score (nSPS) is 10.7. The number of nitrogens with one attached hydrogen (secondary N) is 2. The number of phenolic OH excluding ortho intramolecular Hbond substituents is 1. The third-order valence-electron chi connectivity index (χ3n) is 3.86. The highest BCUT2D eigenvalue weighted by Gasteiger charge is 2.14. The van der Waals surface area contributed by atoms with Crippen LogP contribution >= 0.6 is 11.6 Å². The summed E-state index contributed by atoms with van der Waals surface area (Å²) >= 11 is 5.87. The molecule has 1 amide bonds. The number of anilines is 1. The monoisotopic (exact) mass is 380 g/mol. The van der Waals surface area contributed by atoms with Crippen LogP contribution < -0.4 is 10.9 Å². The quantitative estimate of drug-likeness (QED) is 0.470. The van der Waals surface area contributed by atoms with Crippen LogP contribution in [0.4, 0.5) is 5.82 Å². The summed E-state index contributed by atoms with van der Waals surface area (Å²) in [5.41, 5.74) is 6.70. The number of carbonyl (C=O) groups is 1. The largest absolute Gasteiger partial charge is 0.507 e. The zero-order valence-electron chi connectivity index (χ0n) is 13.8. The Balaban J connectivity index is 1.61. The van der Waals surface area contributed by atoms with Crippen molar-refractivity contribution in [3.05, 3.63) is 71.6 Å². The van der Waals surface area contributed by atoms with Gasteiger partial charge in [-0.05, 0) is 30.3 Å². The van der Waals surface area contributed by atoms with Gasteiger partial charge in [-0.15, -0.1) is 0 Å². The Labute approximate surface area is 158 Å². The molecule has 0 unspecified atom stereocenters. The van der Waals surface area contributed by atoms with Gasteiger partial charge in [0.2, 0.25) is 0 Å². The van der Waals surface area contributed by atoms with Gasteiger partial charge in [-0.25, -0.2) is 14.6 Å². The highest BCUT2D eigenvalue weighted by molar-refractivity contribution is 6.31. The van der Waals surface area contributed by atoms with Crippen LogP contribution in [0.2, 0.25) is 5.02 Å². The minimum absolute atomic E-state index is 0.0419. The van der Waals surface area contributed by atoms with E-state index in [1.54, 1.807) is 10.9 Å². The number of amides is 1. The maximum atomic E-state index is 12.3. The first-order chi connectivity index (χ1) is 13.1. The van der Waals surface area contributed by atoms with Crippen molar-refractivity contribution >= 4 is 34.4 Å². The lowest BCUT2D eigenvalue weighted by molar-refractivity contribution is 0.0960. The van der Waals surface area contributed by atoms with Crippen molar-refractivity contribution < 1.29 is 9.90 Å². The Hall–Kier alpha value is -3.65. The molecule has 0 spiro atoms. The molecule has 0 bridgehead atoms. The van der Waals surface area contributed by atoms with Crippen LogP contribution in [-0.4, -0.2) is 30.8 Å². The fourth-order valence-corrected chi connectivity index (χ4v) is 2.75. The second-order valence-electron chi connectivity index (χ2n) is 5.59. The summed E-state index contributed by atoms with van der Waals surface area (Å²) in [6.45, 7) is 0. The standard InChI is InChI=1S/C18H13ClN6O2/c19-11-6-7-15(26)13(8-11)18(27)24-23-16-14-9-22-25(17(14)21-10-20-16)12-4-2-1-3-5-12/h1-10,26H,(H,24,27)(H,20,21,23). The average Bonchev–Trinajstić information content (AvgIpc) is 3.13. The molecule has 0 saturated carbocycles. The number of hydrogen-bond acceptors (Lipinski definition) is 6. The Morgan fingerprint density at radius 1 is 1.11 bits per heavy atom. The van der Waals surface area contributed by atoms with E-state index in [0.717, 1.165) is 5.69 Å². The van der Waals surface area contributed by atoms with E-state index in [1.165, 1.54) is 24.5 Å². The Kier molecular flexibility index (Phi) is 4.31. The molecular formula is C18H13ClN6O2. The predicted molar refractivity (Wildman–Crippen MR) is 101 cm³/mol. The molecule has 0 aliphatic rings. The highest BCUT2D eigenvalue weighted by Crippen LogP contribution is 2.23. The number of benzene rings is 2. The van der Waals surface area contributed by atoms with Crippen LogP contribution in [0.3, 0.4) is 0 Å². The van der Waals surface area contributed by atoms with Gasteiger partial charge in [-0.1, -0.05) is 29.8 Å². The number of hydrogen-bond donors (Lipinski definition) is 3. The number of nitrogens with zero attached hydrogens (tertiary/aromatic N) is 4. The summed E-state index contributed by atoms with van der Waals surface area (Å²) in [7, 11) is 0. The predicted octanol–water partition coefficient (Wildman–Crippen LogP) is 2.93. The van der Waals surface area contributed by atoms with Crippen LogP contribution in [0.5, 0.6) is 5.75 Å². The van der Waals surface area contributed by atoms with Gasteiger partial charge in [0.1, 0.15) is 12.1 Å². The lowest BCUT2D eigenvalue weighted by Crippen LogP contribution is -2.30. The minimum Gasteiger partial charge on any atom is -0.507 e. The van der Waals surface area contributed by atoms with E-state index in [4.69, 9.17) is 11.6 Å². The van der Waals surface area contributed by atoms with E-state index in [9.17, 15) is 9.90 Å². The van der Waals surface area contributed by atoms with Crippen LogP contribution in [0.15, 0.2) is 61.1 Å². The van der Waals surface area contributed by atoms with Crippen LogP contribution in [0.25, 0.3) is 16.7 Å². The maximum Gasteiger partial charge on any atom is 0.273 e. The Bertz CT molecular complexity index is 1130. The zero-order valence-corrected chi connectivity index (χ0v) is 14.6. The van der Waals surface area contributed by atoms with E-state index in [1.807, 2.05) is 30.3 Å². The molecule has 9 heteroatoms. The van der Waals surface area contributed by atoms with Crippen molar-refractivity contribution in [1.29, 1.82) is 0 Å². The smallest absolute Gasteiger partial charge is 0.273 e. The third kappa shape index (κ3) is 3.25. The molecule has 4 aromatic rings. The number of fused-ring (bicyclic) bond motifs is 1. The van der Waals surface area contributed by atoms with Gasteiger partial charge in [0.25, 0.3) is 5.91 Å².